The zero-order chi connectivity index (χ0) is 19.4. The van der Waals surface area contributed by atoms with E-state index in [1.54, 1.807) is 24.3 Å². The minimum atomic E-state index is -1.08. The minimum Gasteiger partial charge on any atom is -0.493 e. The molecule has 0 amide bonds. The quantitative estimate of drug-likeness (QED) is 0.650. The molecule has 0 unspecified atom stereocenters. The van der Waals surface area contributed by atoms with Gasteiger partial charge in [-0.25, -0.2) is 9.78 Å². The van der Waals surface area contributed by atoms with E-state index in [1.165, 1.54) is 7.11 Å². The maximum Gasteiger partial charge on any atom is 0.341 e. The number of hydrogen-bond donors (Lipinski definition) is 2. The summed E-state index contributed by atoms with van der Waals surface area (Å²) in [4.78, 5) is 18.3. The van der Waals surface area contributed by atoms with Crippen LogP contribution in [0.5, 0.6) is 11.5 Å². The van der Waals surface area contributed by atoms with E-state index in [0.29, 0.717) is 28.5 Å². The van der Waals surface area contributed by atoms with Crippen molar-refractivity contribution < 1.29 is 19.4 Å². The highest BCUT2D eigenvalue weighted by Gasteiger charge is 2.11. The summed E-state index contributed by atoms with van der Waals surface area (Å²) in [6.07, 6.45) is 1.67. The topological polar surface area (TPSA) is 108 Å². The van der Waals surface area contributed by atoms with Gasteiger partial charge in [-0.05, 0) is 48.4 Å². The molecule has 1 aromatic heterocycles. The van der Waals surface area contributed by atoms with Gasteiger partial charge >= 0.3 is 5.97 Å². The fourth-order valence-electron chi connectivity index (χ4n) is 2.60. The number of methoxy groups -OCH3 is 1. The highest BCUT2D eigenvalue weighted by Crippen LogP contribution is 2.30. The van der Waals surface area contributed by atoms with Crippen molar-refractivity contribution in [3.05, 3.63) is 53.3 Å². The molecular weight excluding hydrogens is 346 g/mol. The Kier molecular flexibility index (Phi) is 5.08. The van der Waals surface area contributed by atoms with E-state index in [4.69, 9.17) is 14.6 Å². The van der Waals surface area contributed by atoms with Crippen LogP contribution in [-0.4, -0.2) is 34.8 Å². The molecule has 2 aromatic carbocycles. The van der Waals surface area contributed by atoms with Gasteiger partial charge in [-0.2, -0.15) is 5.26 Å². The van der Waals surface area contributed by atoms with Crippen LogP contribution in [-0.2, 0) is 4.79 Å². The van der Waals surface area contributed by atoms with Gasteiger partial charge in [0.05, 0.1) is 23.7 Å². The van der Waals surface area contributed by atoms with E-state index in [2.05, 4.69) is 16.0 Å². The summed E-state index contributed by atoms with van der Waals surface area (Å²) >= 11 is 0. The molecule has 0 atom stereocenters. The number of carbonyl (C=O) groups is 1. The monoisotopic (exact) mass is 363 g/mol. The summed E-state index contributed by atoms with van der Waals surface area (Å²) in [6, 6.07) is 13.0. The fourth-order valence-corrected chi connectivity index (χ4v) is 2.60. The third kappa shape index (κ3) is 4.07. The van der Waals surface area contributed by atoms with E-state index in [-0.39, 0.29) is 0 Å². The summed E-state index contributed by atoms with van der Waals surface area (Å²) in [5.41, 5.74) is 3.81. The Hall–Kier alpha value is -3.79. The van der Waals surface area contributed by atoms with Gasteiger partial charge in [0, 0.05) is 0 Å². The average molecular weight is 363 g/mol. The van der Waals surface area contributed by atoms with Gasteiger partial charge in [0.15, 0.2) is 18.1 Å². The molecule has 1 heterocycles. The van der Waals surface area contributed by atoms with Gasteiger partial charge in [0.1, 0.15) is 11.9 Å². The number of nitrogens with zero attached hydrogens (tertiary/aromatic N) is 2. The van der Waals surface area contributed by atoms with Crippen molar-refractivity contribution in [2.75, 3.05) is 13.7 Å². The number of nitriles is 1. The number of ether oxygens (including phenoxy) is 2. The van der Waals surface area contributed by atoms with Crippen molar-refractivity contribution in [3.63, 3.8) is 0 Å². The van der Waals surface area contributed by atoms with E-state index >= 15 is 0 Å². The number of nitrogens with one attached hydrogen (secondary N) is 1. The first kappa shape index (κ1) is 18.0. The van der Waals surface area contributed by atoms with E-state index < -0.39 is 12.6 Å². The molecule has 0 fully saturated rings. The lowest BCUT2D eigenvalue weighted by Gasteiger charge is -2.09. The van der Waals surface area contributed by atoms with Crippen LogP contribution in [0.4, 0.5) is 0 Å². The first-order chi connectivity index (χ1) is 13.0. The highest BCUT2D eigenvalue weighted by atomic mass is 16.5. The SMILES string of the molecule is COc1cc(C=C(C#N)c2nc3ccc(C)cc3[nH]2)ccc1OCC(=O)O. The van der Waals surface area contributed by atoms with E-state index in [9.17, 15) is 10.1 Å². The maximum atomic E-state index is 10.7. The van der Waals surface area contributed by atoms with Crippen LogP contribution in [0.1, 0.15) is 17.0 Å². The third-order valence-electron chi connectivity index (χ3n) is 3.86. The first-order valence-corrected chi connectivity index (χ1v) is 8.11. The number of rotatable bonds is 6. The molecule has 0 aliphatic rings. The van der Waals surface area contributed by atoms with Crippen LogP contribution in [0.25, 0.3) is 22.7 Å². The van der Waals surface area contributed by atoms with Gasteiger partial charge in [-0.1, -0.05) is 12.1 Å². The predicted molar refractivity (Wildman–Crippen MR) is 100 cm³/mol. The van der Waals surface area contributed by atoms with Crippen molar-refractivity contribution >= 4 is 28.7 Å². The molecule has 0 bridgehead atoms. The molecule has 0 aliphatic heterocycles. The number of H-pyrrole nitrogens is 1. The van der Waals surface area contributed by atoms with Gasteiger partial charge in [0.25, 0.3) is 0 Å². The number of carboxylic acids is 1. The lowest BCUT2D eigenvalue weighted by Crippen LogP contribution is -2.10. The lowest BCUT2D eigenvalue weighted by atomic mass is 10.1. The Balaban J connectivity index is 1.94. The van der Waals surface area contributed by atoms with Crippen molar-refractivity contribution in [1.82, 2.24) is 9.97 Å². The number of benzene rings is 2. The molecule has 2 N–H and O–H groups in total. The predicted octanol–water partition coefficient (Wildman–Crippen LogP) is 3.41. The van der Waals surface area contributed by atoms with Gasteiger partial charge < -0.3 is 19.6 Å². The summed E-state index contributed by atoms with van der Waals surface area (Å²) in [5, 5.41) is 18.3. The number of aromatic amines is 1. The van der Waals surface area contributed by atoms with Crippen molar-refractivity contribution in [2.24, 2.45) is 0 Å². The number of aromatic nitrogens is 2. The van der Waals surface area contributed by atoms with Crippen LogP contribution >= 0.6 is 0 Å². The molecule has 27 heavy (non-hydrogen) atoms. The molecule has 7 heteroatoms. The number of hydrogen-bond acceptors (Lipinski definition) is 5. The van der Waals surface area contributed by atoms with Crippen LogP contribution in [0.3, 0.4) is 0 Å². The smallest absolute Gasteiger partial charge is 0.341 e. The highest BCUT2D eigenvalue weighted by molar-refractivity contribution is 5.90. The number of aryl methyl sites for hydroxylation is 1. The maximum absolute atomic E-state index is 10.7. The van der Waals surface area contributed by atoms with Crippen molar-refractivity contribution in [2.45, 2.75) is 6.92 Å². The summed E-state index contributed by atoms with van der Waals surface area (Å²) in [5.74, 6) is 0.0912. The molecule has 0 spiro atoms. The first-order valence-electron chi connectivity index (χ1n) is 8.11. The van der Waals surface area contributed by atoms with Crippen molar-refractivity contribution in [3.8, 4) is 17.6 Å². The Labute approximate surface area is 155 Å². The van der Waals surface area contributed by atoms with Gasteiger partial charge in [-0.3, -0.25) is 0 Å². The summed E-state index contributed by atoms with van der Waals surface area (Å²) < 4.78 is 10.4. The third-order valence-corrected chi connectivity index (χ3v) is 3.86. The molecule has 136 valence electrons. The molecule has 0 radical (unpaired) electrons. The second-order valence-corrected chi connectivity index (χ2v) is 5.87. The molecule has 7 nitrogen and oxygen atoms in total. The number of imidazole rings is 1. The van der Waals surface area contributed by atoms with Gasteiger partial charge in [0.2, 0.25) is 0 Å². The summed E-state index contributed by atoms with van der Waals surface area (Å²) in [7, 11) is 1.46. The van der Waals surface area contributed by atoms with Crippen LogP contribution in [0.2, 0.25) is 0 Å². The molecule has 0 saturated heterocycles. The molecule has 3 rings (SSSR count). The van der Waals surface area contributed by atoms with E-state index in [0.717, 1.165) is 16.6 Å². The van der Waals surface area contributed by atoms with Crippen LogP contribution in [0, 0.1) is 18.3 Å². The zero-order valence-corrected chi connectivity index (χ0v) is 14.8. The van der Waals surface area contributed by atoms with Gasteiger partial charge in [-0.15, -0.1) is 0 Å². The minimum absolute atomic E-state index is 0.315. The Morgan fingerprint density at radius 2 is 2.11 bits per heavy atom. The largest absolute Gasteiger partial charge is 0.493 e. The number of carboxylic acid groups (broad SMARTS) is 1. The second-order valence-electron chi connectivity index (χ2n) is 5.87. The number of fused-ring (bicyclic) bond motifs is 1. The number of aliphatic carboxylic acids is 1. The normalized spacial score (nSPS) is 11.2. The Morgan fingerprint density at radius 1 is 1.30 bits per heavy atom. The second kappa shape index (κ2) is 7.62. The molecule has 0 aliphatic carbocycles. The standard InChI is InChI=1S/C20H17N3O4/c1-12-3-5-15-16(7-12)23-20(22-15)14(10-21)8-13-4-6-17(18(9-13)26-2)27-11-19(24)25/h3-9H,11H2,1-2H3,(H,22,23)(H,24,25). The summed E-state index contributed by atoms with van der Waals surface area (Å²) in [6.45, 7) is 1.52. The lowest BCUT2D eigenvalue weighted by molar-refractivity contribution is -0.139. The zero-order valence-electron chi connectivity index (χ0n) is 14.8. The molecule has 3 aromatic rings. The van der Waals surface area contributed by atoms with Crippen LogP contribution in [0.15, 0.2) is 36.4 Å². The van der Waals surface area contributed by atoms with Crippen LogP contribution < -0.4 is 9.47 Å². The number of allylic oxidation sites excluding steroid dienone is 1. The molecule has 0 saturated carbocycles. The van der Waals surface area contributed by atoms with Crippen molar-refractivity contribution in [1.29, 1.82) is 5.26 Å². The molecular formula is C20H17N3O4. The fraction of sp³-hybridized carbons (Fsp3) is 0.150. The van der Waals surface area contributed by atoms with E-state index in [1.807, 2.05) is 25.1 Å². The average Bonchev–Trinajstić information content (AvgIpc) is 3.07. The Bertz CT molecular complexity index is 1080. The Morgan fingerprint density at radius 3 is 2.81 bits per heavy atom.